The van der Waals surface area contributed by atoms with Crippen molar-refractivity contribution >= 4 is 17.6 Å². The van der Waals surface area contributed by atoms with Crippen LogP contribution < -0.4 is 4.74 Å². The number of nitrogens with zero attached hydrogens (tertiary/aromatic N) is 2. The van der Waals surface area contributed by atoms with Crippen molar-refractivity contribution in [3.63, 3.8) is 0 Å². The van der Waals surface area contributed by atoms with Gasteiger partial charge in [-0.25, -0.2) is 14.3 Å². The zero-order chi connectivity index (χ0) is 17.8. The second-order valence-electron chi connectivity index (χ2n) is 5.29. The molecule has 7 nitrogen and oxygen atoms in total. The molecule has 2 heterocycles. The summed E-state index contributed by atoms with van der Waals surface area (Å²) >= 11 is 6.02. The molecule has 1 aromatic heterocycles. The molecule has 9 heteroatoms. The minimum atomic E-state index is -1.35. The van der Waals surface area contributed by atoms with Crippen molar-refractivity contribution in [3.8, 4) is 23.5 Å². The van der Waals surface area contributed by atoms with Crippen LogP contribution in [0.3, 0.4) is 0 Å². The Morgan fingerprint density at radius 3 is 2.92 bits per heavy atom. The van der Waals surface area contributed by atoms with Gasteiger partial charge in [0.1, 0.15) is 0 Å². The average molecular weight is 366 g/mol. The van der Waals surface area contributed by atoms with Crippen LogP contribution in [0.1, 0.15) is 28.9 Å². The second-order valence-corrected chi connectivity index (χ2v) is 5.67. The highest BCUT2D eigenvalue weighted by molar-refractivity contribution is 6.32. The number of carboxylic acid groups (broad SMARTS) is 1. The van der Waals surface area contributed by atoms with Gasteiger partial charge in [0.15, 0.2) is 11.6 Å². The zero-order valence-electron chi connectivity index (χ0n) is 12.9. The van der Waals surface area contributed by atoms with Crippen LogP contribution in [0, 0.1) is 23.6 Å². The highest BCUT2D eigenvalue weighted by atomic mass is 35.5. The fourth-order valence-corrected chi connectivity index (χ4v) is 2.47. The Bertz CT molecular complexity index is 853. The van der Waals surface area contributed by atoms with Gasteiger partial charge in [-0.15, -0.1) is 5.10 Å². The first kappa shape index (κ1) is 17.2. The first-order chi connectivity index (χ1) is 12.1. The molecule has 2 aromatic rings. The smallest absolute Gasteiger partial charge is 0.362 e. The maximum atomic E-state index is 14.4. The summed E-state index contributed by atoms with van der Waals surface area (Å²) in [5.41, 5.74) is -0.127. The molecule has 1 saturated heterocycles. The van der Waals surface area contributed by atoms with E-state index in [1.807, 2.05) is 0 Å². The van der Waals surface area contributed by atoms with Crippen molar-refractivity contribution < 1.29 is 23.8 Å². The molecule has 3 rings (SSSR count). The summed E-state index contributed by atoms with van der Waals surface area (Å²) in [7, 11) is 0. The number of nitrogens with one attached hydrogen (secondary N) is 1. The maximum Gasteiger partial charge on any atom is 0.362 e. The van der Waals surface area contributed by atoms with Crippen LogP contribution in [0.15, 0.2) is 12.1 Å². The Hall–Kier alpha value is -2.63. The van der Waals surface area contributed by atoms with Gasteiger partial charge >= 0.3 is 5.97 Å². The lowest BCUT2D eigenvalue weighted by Crippen LogP contribution is -2.13. The van der Waals surface area contributed by atoms with Crippen molar-refractivity contribution in [3.05, 3.63) is 34.2 Å². The third-order valence-corrected chi connectivity index (χ3v) is 3.98. The Kier molecular flexibility index (Phi) is 5.16. The standard InChI is InChI=1S/C16H13ClFN3O4/c17-12-10(2-1-9-5-7-24-8-6-9)3-4-11(13(12)18)25-15-14(16(22)23)19-21-20-15/h3-4,9H,5-8H2,(H,22,23)(H,19,20,21). The van der Waals surface area contributed by atoms with E-state index in [1.165, 1.54) is 12.1 Å². The number of aromatic nitrogens is 3. The van der Waals surface area contributed by atoms with E-state index < -0.39 is 17.5 Å². The van der Waals surface area contributed by atoms with Gasteiger partial charge in [-0.1, -0.05) is 28.7 Å². The summed E-state index contributed by atoms with van der Waals surface area (Å²) in [5.74, 6) is 3.40. The lowest BCUT2D eigenvalue weighted by molar-refractivity contribution is 0.0687. The van der Waals surface area contributed by atoms with E-state index in [4.69, 9.17) is 26.2 Å². The number of carbonyl (C=O) groups is 1. The number of ether oxygens (including phenoxy) is 2. The quantitative estimate of drug-likeness (QED) is 0.812. The number of carboxylic acids is 1. The molecule has 1 aliphatic heterocycles. The number of aromatic carboxylic acids is 1. The number of H-pyrrole nitrogens is 1. The van der Waals surface area contributed by atoms with Crippen LogP contribution in [0.2, 0.25) is 5.02 Å². The first-order valence-corrected chi connectivity index (χ1v) is 7.83. The molecule has 0 amide bonds. The van der Waals surface area contributed by atoms with Crippen molar-refractivity contribution in [2.45, 2.75) is 12.8 Å². The minimum absolute atomic E-state index is 0.193. The monoisotopic (exact) mass is 365 g/mol. The first-order valence-electron chi connectivity index (χ1n) is 7.45. The molecule has 0 aliphatic carbocycles. The van der Waals surface area contributed by atoms with Gasteiger partial charge in [-0.2, -0.15) is 0 Å². The minimum Gasteiger partial charge on any atom is -0.476 e. The summed E-state index contributed by atoms with van der Waals surface area (Å²) in [5, 5.41) is 17.7. The molecule has 25 heavy (non-hydrogen) atoms. The third-order valence-electron chi connectivity index (χ3n) is 3.61. The van der Waals surface area contributed by atoms with E-state index in [0.29, 0.717) is 18.8 Å². The van der Waals surface area contributed by atoms with E-state index in [9.17, 15) is 9.18 Å². The summed E-state index contributed by atoms with van der Waals surface area (Å²) in [6.45, 7) is 1.33. The molecule has 130 valence electrons. The zero-order valence-corrected chi connectivity index (χ0v) is 13.6. The molecule has 1 aliphatic rings. The molecule has 0 radical (unpaired) electrons. The van der Waals surface area contributed by atoms with Crippen LogP contribution in [-0.4, -0.2) is 39.7 Å². The predicted molar refractivity (Wildman–Crippen MR) is 85.2 cm³/mol. The number of rotatable bonds is 3. The SMILES string of the molecule is O=C(O)c1nn[nH]c1Oc1ccc(C#CC2CCOCC2)c(Cl)c1F. The summed E-state index contributed by atoms with van der Waals surface area (Å²) in [6, 6.07) is 2.83. The summed E-state index contributed by atoms with van der Waals surface area (Å²) in [4.78, 5) is 11.0. The molecule has 0 unspecified atom stereocenters. The number of halogens is 2. The number of benzene rings is 1. The molecular weight excluding hydrogens is 353 g/mol. The molecule has 2 N–H and O–H groups in total. The van der Waals surface area contributed by atoms with Crippen LogP contribution in [0.5, 0.6) is 11.6 Å². The van der Waals surface area contributed by atoms with Crippen LogP contribution in [0.4, 0.5) is 4.39 Å². The molecule has 1 aromatic carbocycles. The lowest BCUT2D eigenvalue weighted by atomic mass is 10.0. The fraction of sp³-hybridized carbons (Fsp3) is 0.312. The molecular formula is C16H13ClFN3O4. The lowest BCUT2D eigenvalue weighted by Gasteiger charge is -2.16. The topological polar surface area (TPSA) is 97.3 Å². The molecule has 0 spiro atoms. The molecule has 0 saturated carbocycles. The van der Waals surface area contributed by atoms with E-state index >= 15 is 0 Å². The summed E-state index contributed by atoms with van der Waals surface area (Å²) < 4.78 is 24.9. The maximum absolute atomic E-state index is 14.4. The van der Waals surface area contributed by atoms with Crippen molar-refractivity contribution in [1.82, 2.24) is 15.4 Å². The third kappa shape index (κ3) is 3.90. The Labute approximate surface area is 147 Å². The fourth-order valence-electron chi connectivity index (χ4n) is 2.27. The average Bonchev–Trinajstić information content (AvgIpc) is 3.08. The molecule has 1 fully saturated rings. The van der Waals surface area contributed by atoms with E-state index in [-0.39, 0.29) is 22.6 Å². The molecule has 0 atom stereocenters. The largest absolute Gasteiger partial charge is 0.476 e. The van der Waals surface area contributed by atoms with E-state index in [0.717, 1.165) is 12.8 Å². The highest BCUT2D eigenvalue weighted by Crippen LogP contribution is 2.31. The van der Waals surface area contributed by atoms with Crippen molar-refractivity contribution in [1.29, 1.82) is 0 Å². The Morgan fingerprint density at radius 2 is 2.20 bits per heavy atom. The Balaban J connectivity index is 1.82. The van der Waals surface area contributed by atoms with Crippen LogP contribution >= 0.6 is 11.6 Å². The van der Waals surface area contributed by atoms with Gasteiger partial charge in [0.05, 0.1) is 5.02 Å². The van der Waals surface area contributed by atoms with E-state index in [2.05, 4.69) is 27.3 Å². The van der Waals surface area contributed by atoms with Gasteiger partial charge in [0, 0.05) is 24.7 Å². The van der Waals surface area contributed by atoms with Gasteiger partial charge in [0.2, 0.25) is 5.69 Å². The van der Waals surface area contributed by atoms with Gasteiger partial charge < -0.3 is 14.6 Å². The number of aromatic amines is 1. The number of hydrogen-bond acceptors (Lipinski definition) is 5. The Morgan fingerprint density at radius 1 is 1.44 bits per heavy atom. The predicted octanol–water partition coefficient (Wildman–Crippen LogP) is 2.87. The summed E-state index contributed by atoms with van der Waals surface area (Å²) in [6.07, 6.45) is 1.66. The van der Waals surface area contributed by atoms with Crippen molar-refractivity contribution in [2.24, 2.45) is 5.92 Å². The van der Waals surface area contributed by atoms with Crippen LogP contribution in [0.25, 0.3) is 0 Å². The second kappa shape index (κ2) is 7.51. The highest BCUT2D eigenvalue weighted by Gasteiger charge is 2.20. The van der Waals surface area contributed by atoms with Crippen LogP contribution in [-0.2, 0) is 4.74 Å². The number of hydrogen-bond donors (Lipinski definition) is 2. The van der Waals surface area contributed by atoms with Crippen molar-refractivity contribution in [2.75, 3.05) is 13.2 Å². The van der Waals surface area contributed by atoms with Gasteiger partial charge in [-0.3, -0.25) is 0 Å². The van der Waals surface area contributed by atoms with E-state index in [1.54, 1.807) is 0 Å². The molecule has 0 bridgehead atoms. The normalized spacial score (nSPS) is 14.6. The van der Waals surface area contributed by atoms with Gasteiger partial charge in [-0.05, 0) is 25.0 Å². The van der Waals surface area contributed by atoms with Gasteiger partial charge in [0.25, 0.3) is 5.88 Å².